The van der Waals surface area contributed by atoms with Crippen molar-refractivity contribution >= 4 is 22.6 Å². The molecule has 2 heterocycles. The Labute approximate surface area is 123 Å². The molecule has 0 amide bonds. The SMILES string of the molecule is Cc1ccc(CC(Cl)c2cc3cc(C)ccc3o2)nc1. The number of hydrogen-bond donors (Lipinski definition) is 0. The van der Waals surface area contributed by atoms with Crippen LogP contribution < -0.4 is 0 Å². The van der Waals surface area contributed by atoms with Crippen LogP contribution in [0.15, 0.2) is 47.0 Å². The first kappa shape index (κ1) is 13.2. The van der Waals surface area contributed by atoms with Crippen LogP contribution in [-0.4, -0.2) is 4.98 Å². The van der Waals surface area contributed by atoms with Gasteiger partial charge in [-0.2, -0.15) is 0 Å². The molecule has 1 aromatic carbocycles. The van der Waals surface area contributed by atoms with Gasteiger partial charge in [0.1, 0.15) is 11.3 Å². The number of aryl methyl sites for hydroxylation is 2. The number of benzene rings is 1. The van der Waals surface area contributed by atoms with Crippen LogP contribution in [0.2, 0.25) is 0 Å². The molecular formula is C17H16ClNO. The maximum atomic E-state index is 6.46. The van der Waals surface area contributed by atoms with E-state index in [9.17, 15) is 0 Å². The summed E-state index contributed by atoms with van der Waals surface area (Å²) in [6.07, 6.45) is 2.53. The Morgan fingerprint density at radius 1 is 1.10 bits per heavy atom. The molecule has 0 spiro atoms. The van der Waals surface area contributed by atoms with Gasteiger partial charge in [0.2, 0.25) is 0 Å². The summed E-state index contributed by atoms with van der Waals surface area (Å²) in [5.74, 6) is 0.801. The van der Waals surface area contributed by atoms with Crippen molar-refractivity contribution in [1.82, 2.24) is 4.98 Å². The fourth-order valence-electron chi connectivity index (χ4n) is 2.24. The summed E-state index contributed by atoms with van der Waals surface area (Å²) in [5.41, 5.74) is 4.23. The summed E-state index contributed by atoms with van der Waals surface area (Å²) >= 11 is 6.46. The van der Waals surface area contributed by atoms with Gasteiger partial charge in [0.25, 0.3) is 0 Å². The molecule has 0 bridgehead atoms. The van der Waals surface area contributed by atoms with Crippen LogP contribution in [0.1, 0.15) is 28.0 Å². The van der Waals surface area contributed by atoms with Gasteiger partial charge in [0.15, 0.2) is 0 Å². The second-order valence-electron chi connectivity index (χ2n) is 5.19. The number of pyridine rings is 1. The molecule has 1 atom stereocenters. The fraction of sp³-hybridized carbons (Fsp3) is 0.235. The van der Waals surface area contributed by atoms with E-state index in [1.807, 2.05) is 43.5 Å². The summed E-state index contributed by atoms with van der Waals surface area (Å²) in [7, 11) is 0. The van der Waals surface area contributed by atoms with E-state index in [1.165, 1.54) is 5.56 Å². The van der Waals surface area contributed by atoms with Crippen LogP contribution in [0.5, 0.6) is 0 Å². The van der Waals surface area contributed by atoms with Gasteiger partial charge in [0.05, 0.1) is 5.38 Å². The van der Waals surface area contributed by atoms with Gasteiger partial charge in [-0.05, 0) is 43.7 Å². The fourth-order valence-corrected chi connectivity index (χ4v) is 2.51. The van der Waals surface area contributed by atoms with Crippen molar-refractivity contribution < 1.29 is 4.42 Å². The van der Waals surface area contributed by atoms with Gasteiger partial charge in [-0.25, -0.2) is 0 Å². The predicted octanol–water partition coefficient (Wildman–Crippen LogP) is 4.97. The van der Waals surface area contributed by atoms with Gasteiger partial charge in [-0.1, -0.05) is 17.7 Å². The van der Waals surface area contributed by atoms with Crippen LogP contribution in [0.4, 0.5) is 0 Å². The second-order valence-corrected chi connectivity index (χ2v) is 5.72. The highest BCUT2D eigenvalue weighted by Crippen LogP contribution is 2.30. The van der Waals surface area contributed by atoms with Gasteiger partial charge < -0.3 is 4.42 Å². The molecule has 2 aromatic heterocycles. The molecule has 3 aromatic rings. The average Bonchev–Trinajstić information content (AvgIpc) is 2.84. The number of furan rings is 1. The summed E-state index contributed by atoms with van der Waals surface area (Å²) < 4.78 is 5.82. The largest absolute Gasteiger partial charge is 0.459 e. The molecule has 3 rings (SSSR count). The zero-order valence-electron chi connectivity index (χ0n) is 11.6. The number of fused-ring (bicyclic) bond motifs is 1. The van der Waals surface area contributed by atoms with Crippen LogP contribution in [0.25, 0.3) is 11.0 Å². The normalized spacial score (nSPS) is 12.8. The van der Waals surface area contributed by atoms with Crippen molar-refractivity contribution in [1.29, 1.82) is 0 Å². The van der Waals surface area contributed by atoms with Gasteiger partial charge in [-0.15, -0.1) is 11.6 Å². The highest BCUT2D eigenvalue weighted by atomic mass is 35.5. The lowest BCUT2D eigenvalue weighted by atomic mass is 10.1. The monoisotopic (exact) mass is 285 g/mol. The molecule has 3 heteroatoms. The molecule has 0 fully saturated rings. The number of rotatable bonds is 3. The Kier molecular flexibility index (Phi) is 3.49. The Morgan fingerprint density at radius 2 is 1.90 bits per heavy atom. The van der Waals surface area contributed by atoms with Gasteiger partial charge in [-0.3, -0.25) is 4.98 Å². The summed E-state index contributed by atoms with van der Waals surface area (Å²) in [6.45, 7) is 4.09. The molecule has 2 nitrogen and oxygen atoms in total. The maximum Gasteiger partial charge on any atom is 0.134 e. The minimum atomic E-state index is -0.196. The van der Waals surface area contributed by atoms with Crippen molar-refractivity contribution in [3.63, 3.8) is 0 Å². The summed E-state index contributed by atoms with van der Waals surface area (Å²) in [5, 5.41) is 0.903. The molecule has 0 aliphatic carbocycles. The van der Waals surface area contributed by atoms with Crippen LogP contribution >= 0.6 is 11.6 Å². The van der Waals surface area contributed by atoms with E-state index in [2.05, 4.69) is 18.0 Å². The first-order valence-corrected chi connectivity index (χ1v) is 7.11. The summed E-state index contributed by atoms with van der Waals surface area (Å²) in [6, 6.07) is 12.2. The lowest BCUT2D eigenvalue weighted by Crippen LogP contribution is -1.97. The van der Waals surface area contributed by atoms with Crippen molar-refractivity contribution in [2.45, 2.75) is 25.6 Å². The highest BCUT2D eigenvalue weighted by Gasteiger charge is 2.15. The van der Waals surface area contributed by atoms with E-state index in [0.29, 0.717) is 6.42 Å². The van der Waals surface area contributed by atoms with Crippen LogP contribution in [0.3, 0.4) is 0 Å². The van der Waals surface area contributed by atoms with E-state index in [4.69, 9.17) is 16.0 Å². The molecule has 0 aliphatic heterocycles. The number of nitrogens with zero attached hydrogens (tertiary/aromatic N) is 1. The first-order chi connectivity index (χ1) is 9.61. The Balaban J connectivity index is 1.84. The molecule has 102 valence electrons. The zero-order valence-corrected chi connectivity index (χ0v) is 12.3. The van der Waals surface area contributed by atoms with Crippen LogP contribution in [0, 0.1) is 13.8 Å². The van der Waals surface area contributed by atoms with E-state index < -0.39 is 0 Å². The van der Waals surface area contributed by atoms with E-state index in [-0.39, 0.29) is 5.38 Å². The van der Waals surface area contributed by atoms with E-state index >= 15 is 0 Å². The minimum absolute atomic E-state index is 0.196. The molecule has 0 aliphatic rings. The third kappa shape index (κ3) is 2.70. The molecule has 0 radical (unpaired) electrons. The Morgan fingerprint density at radius 3 is 2.65 bits per heavy atom. The van der Waals surface area contributed by atoms with Gasteiger partial charge >= 0.3 is 0 Å². The number of alkyl halides is 1. The molecule has 0 N–H and O–H groups in total. The third-order valence-electron chi connectivity index (χ3n) is 3.36. The van der Waals surface area contributed by atoms with Gasteiger partial charge in [0, 0.05) is 23.7 Å². The van der Waals surface area contributed by atoms with E-state index in [1.54, 1.807) is 0 Å². The van der Waals surface area contributed by atoms with Crippen LogP contribution in [-0.2, 0) is 6.42 Å². The zero-order chi connectivity index (χ0) is 14.1. The Hall–Kier alpha value is -1.80. The lowest BCUT2D eigenvalue weighted by Gasteiger charge is -2.05. The minimum Gasteiger partial charge on any atom is -0.459 e. The number of hydrogen-bond acceptors (Lipinski definition) is 2. The lowest BCUT2D eigenvalue weighted by molar-refractivity contribution is 0.538. The summed E-state index contributed by atoms with van der Waals surface area (Å²) in [4.78, 5) is 4.39. The number of halogens is 1. The highest BCUT2D eigenvalue weighted by molar-refractivity contribution is 6.20. The molecule has 0 saturated carbocycles. The number of aromatic nitrogens is 1. The molecular weight excluding hydrogens is 270 g/mol. The standard InChI is InChI=1S/C17H16ClNO/c1-11-4-6-16-13(7-11)8-17(20-16)15(18)9-14-5-3-12(2)10-19-14/h3-8,10,15H,9H2,1-2H3. The molecule has 1 unspecified atom stereocenters. The molecule has 20 heavy (non-hydrogen) atoms. The smallest absolute Gasteiger partial charge is 0.134 e. The topological polar surface area (TPSA) is 26.0 Å². The average molecular weight is 286 g/mol. The van der Waals surface area contributed by atoms with E-state index in [0.717, 1.165) is 28.0 Å². The second kappa shape index (κ2) is 5.29. The molecule has 0 saturated heterocycles. The first-order valence-electron chi connectivity index (χ1n) is 6.67. The van der Waals surface area contributed by atoms with Crippen molar-refractivity contribution in [2.24, 2.45) is 0 Å². The predicted molar refractivity (Wildman–Crippen MR) is 82.2 cm³/mol. The third-order valence-corrected chi connectivity index (χ3v) is 3.73. The maximum absolute atomic E-state index is 6.46. The van der Waals surface area contributed by atoms with Crippen molar-refractivity contribution in [2.75, 3.05) is 0 Å². The quantitative estimate of drug-likeness (QED) is 0.635. The Bertz CT molecular complexity index is 730. The van der Waals surface area contributed by atoms with Crippen molar-refractivity contribution in [3.8, 4) is 0 Å². The van der Waals surface area contributed by atoms with Crippen molar-refractivity contribution in [3.05, 3.63) is 65.2 Å².